The van der Waals surface area contributed by atoms with E-state index >= 15 is 0 Å². The molecule has 1 aromatic carbocycles. The SMILES string of the molecule is O=C(NCC1CC1)c1csc(N2CCN(Cc3ccc(Cl)cc3)C2=O)n1. The lowest BCUT2D eigenvalue weighted by molar-refractivity contribution is 0.0947. The summed E-state index contributed by atoms with van der Waals surface area (Å²) in [5, 5.41) is 5.87. The first-order valence-electron chi connectivity index (χ1n) is 8.65. The highest BCUT2D eigenvalue weighted by atomic mass is 35.5. The van der Waals surface area contributed by atoms with Crippen molar-refractivity contribution in [2.75, 3.05) is 24.5 Å². The van der Waals surface area contributed by atoms with E-state index in [0.29, 0.717) is 47.9 Å². The average Bonchev–Trinajstić information content (AvgIpc) is 3.23. The standard InChI is InChI=1S/C18H19ClN4O2S/c19-14-5-3-13(4-6-14)10-22-7-8-23(18(22)25)17-21-15(11-26-17)16(24)20-9-12-1-2-12/h3-6,11-12H,1-2,7-10H2,(H,20,24). The van der Waals surface area contributed by atoms with Crippen LogP contribution in [0.2, 0.25) is 5.02 Å². The van der Waals surface area contributed by atoms with E-state index in [0.717, 1.165) is 5.56 Å². The Morgan fingerprint density at radius 2 is 2.04 bits per heavy atom. The highest BCUT2D eigenvalue weighted by Gasteiger charge is 2.32. The molecular weight excluding hydrogens is 372 g/mol. The van der Waals surface area contributed by atoms with Crippen LogP contribution in [-0.2, 0) is 6.54 Å². The van der Waals surface area contributed by atoms with Gasteiger partial charge in [-0.05, 0) is 36.5 Å². The summed E-state index contributed by atoms with van der Waals surface area (Å²) in [5.74, 6) is 0.461. The first kappa shape index (κ1) is 17.3. The number of nitrogens with one attached hydrogen (secondary N) is 1. The number of aromatic nitrogens is 1. The Morgan fingerprint density at radius 3 is 2.77 bits per heavy atom. The third-order valence-corrected chi connectivity index (χ3v) is 5.70. The zero-order valence-corrected chi connectivity index (χ0v) is 15.7. The summed E-state index contributed by atoms with van der Waals surface area (Å²) in [5.41, 5.74) is 1.42. The number of halogens is 1. The number of hydrogen-bond acceptors (Lipinski definition) is 4. The van der Waals surface area contributed by atoms with E-state index in [1.165, 1.54) is 24.2 Å². The van der Waals surface area contributed by atoms with Crippen LogP contribution in [-0.4, -0.2) is 41.5 Å². The second kappa shape index (κ2) is 7.25. The van der Waals surface area contributed by atoms with Gasteiger partial charge in [0.2, 0.25) is 0 Å². The zero-order chi connectivity index (χ0) is 18.1. The fourth-order valence-corrected chi connectivity index (χ4v) is 3.81. The minimum atomic E-state index is -0.163. The predicted octanol–water partition coefficient (Wildman–Crippen LogP) is 3.38. The fourth-order valence-electron chi connectivity index (χ4n) is 2.86. The first-order valence-corrected chi connectivity index (χ1v) is 9.90. The molecule has 26 heavy (non-hydrogen) atoms. The molecule has 3 amide bonds. The monoisotopic (exact) mass is 390 g/mol. The molecule has 0 radical (unpaired) electrons. The van der Waals surface area contributed by atoms with Crippen LogP contribution in [0.5, 0.6) is 0 Å². The molecule has 8 heteroatoms. The summed E-state index contributed by atoms with van der Waals surface area (Å²) < 4.78 is 0. The number of carbonyl (C=O) groups is 2. The molecule has 1 aromatic heterocycles. The molecule has 2 fully saturated rings. The Balaban J connectivity index is 1.38. The average molecular weight is 391 g/mol. The lowest BCUT2D eigenvalue weighted by Crippen LogP contribution is -2.31. The zero-order valence-electron chi connectivity index (χ0n) is 14.2. The van der Waals surface area contributed by atoms with Crippen molar-refractivity contribution in [2.24, 2.45) is 5.92 Å². The number of benzene rings is 1. The minimum absolute atomic E-state index is 0.0840. The number of hydrogen-bond donors (Lipinski definition) is 1. The number of nitrogens with zero attached hydrogens (tertiary/aromatic N) is 3. The third kappa shape index (κ3) is 3.83. The first-order chi connectivity index (χ1) is 12.6. The normalized spacial score (nSPS) is 17.0. The van der Waals surface area contributed by atoms with E-state index in [1.54, 1.807) is 15.2 Å². The van der Waals surface area contributed by atoms with Crippen molar-refractivity contribution in [1.82, 2.24) is 15.2 Å². The summed E-state index contributed by atoms with van der Waals surface area (Å²) in [6.07, 6.45) is 2.38. The molecule has 2 heterocycles. The van der Waals surface area contributed by atoms with Crippen LogP contribution in [0.25, 0.3) is 0 Å². The van der Waals surface area contributed by atoms with Gasteiger partial charge in [0.05, 0.1) is 0 Å². The van der Waals surface area contributed by atoms with Gasteiger partial charge in [0.25, 0.3) is 5.91 Å². The van der Waals surface area contributed by atoms with E-state index in [2.05, 4.69) is 10.3 Å². The molecule has 0 unspecified atom stereocenters. The van der Waals surface area contributed by atoms with E-state index in [4.69, 9.17) is 11.6 Å². The molecule has 1 aliphatic carbocycles. The van der Waals surface area contributed by atoms with E-state index in [9.17, 15) is 9.59 Å². The topological polar surface area (TPSA) is 65.5 Å². The Bertz CT molecular complexity index is 819. The highest BCUT2D eigenvalue weighted by molar-refractivity contribution is 7.14. The number of carbonyl (C=O) groups excluding carboxylic acids is 2. The Kier molecular flexibility index (Phi) is 4.82. The number of thiazole rings is 1. The molecule has 0 atom stereocenters. The van der Waals surface area contributed by atoms with Gasteiger partial charge in [0, 0.05) is 36.6 Å². The van der Waals surface area contributed by atoms with Gasteiger partial charge in [-0.25, -0.2) is 9.78 Å². The molecule has 0 spiro atoms. The highest BCUT2D eigenvalue weighted by Crippen LogP contribution is 2.28. The van der Waals surface area contributed by atoms with Crippen LogP contribution in [0, 0.1) is 5.92 Å². The molecule has 0 bridgehead atoms. The van der Waals surface area contributed by atoms with Crippen LogP contribution in [0.15, 0.2) is 29.6 Å². The van der Waals surface area contributed by atoms with Crippen LogP contribution in [0.1, 0.15) is 28.9 Å². The van der Waals surface area contributed by atoms with Gasteiger partial charge in [-0.15, -0.1) is 11.3 Å². The van der Waals surface area contributed by atoms with Gasteiger partial charge in [0.1, 0.15) is 5.69 Å². The Morgan fingerprint density at radius 1 is 1.27 bits per heavy atom. The van der Waals surface area contributed by atoms with Crippen molar-refractivity contribution in [2.45, 2.75) is 19.4 Å². The maximum absolute atomic E-state index is 12.7. The van der Waals surface area contributed by atoms with Crippen LogP contribution >= 0.6 is 22.9 Å². The summed E-state index contributed by atoms with van der Waals surface area (Å²) in [7, 11) is 0. The Labute approximate surface area is 160 Å². The number of anilines is 1. The third-order valence-electron chi connectivity index (χ3n) is 4.59. The van der Waals surface area contributed by atoms with E-state index < -0.39 is 0 Å². The van der Waals surface area contributed by atoms with Crippen LogP contribution < -0.4 is 10.2 Å². The maximum Gasteiger partial charge on any atom is 0.326 e. The second-order valence-electron chi connectivity index (χ2n) is 6.65. The van der Waals surface area contributed by atoms with Gasteiger partial charge in [-0.3, -0.25) is 9.69 Å². The van der Waals surface area contributed by atoms with Crippen molar-refractivity contribution in [3.05, 3.63) is 45.9 Å². The second-order valence-corrected chi connectivity index (χ2v) is 7.92. The summed E-state index contributed by atoms with van der Waals surface area (Å²) in [4.78, 5) is 32.6. The lowest BCUT2D eigenvalue weighted by atomic mass is 10.2. The summed E-state index contributed by atoms with van der Waals surface area (Å²) >= 11 is 7.23. The number of rotatable bonds is 6. The minimum Gasteiger partial charge on any atom is -0.350 e. The molecule has 2 aliphatic rings. The smallest absolute Gasteiger partial charge is 0.326 e. The lowest BCUT2D eigenvalue weighted by Gasteiger charge is -2.17. The van der Waals surface area contributed by atoms with Gasteiger partial charge in [-0.1, -0.05) is 23.7 Å². The van der Waals surface area contributed by atoms with Crippen molar-refractivity contribution in [1.29, 1.82) is 0 Å². The van der Waals surface area contributed by atoms with Crippen molar-refractivity contribution in [3.8, 4) is 0 Å². The number of amides is 3. The van der Waals surface area contributed by atoms with Gasteiger partial charge < -0.3 is 10.2 Å². The largest absolute Gasteiger partial charge is 0.350 e. The van der Waals surface area contributed by atoms with Crippen LogP contribution in [0.4, 0.5) is 9.93 Å². The maximum atomic E-state index is 12.7. The number of urea groups is 1. The van der Waals surface area contributed by atoms with Crippen molar-refractivity contribution >= 4 is 40.0 Å². The Hall–Kier alpha value is -2.12. The van der Waals surface area contributed by atoms with Crippen molar-refractivity contribution < 1.29 is 9.59 Å². The molecule has 2 aromatic rings. The predicted molar refractivity (Wildman–Crippen MR) is 102 cm³/mol. The molecule has 4 rings (SSSR count). The molecular formula is C18H19ClN4O2S. The van der Waals surface area contributed by atoms with Crippen molar-refractivity contribution in [3.63, 3.8) is 0 Å². The molecule has 1 saturated carbocycles. The van der Waals surface area contributed by atoms with Gasteiger partial charge >= 0.3 is 6.03 Å². The van der Waals surface area contributed by atoms with Crippen LogP contribution in [0.3, 0.4) is 0 Å². The van der Waals surface area contributed by atoms with Gasteiger partial charge in [-0.2, -0.15) is 0 Å². The molecule has 6 nitrogen and oxygen atoms in total. The summed E-state index contributed by atoms with van der Waals surface area (Å²) in [6, 6.07) is 7.40. The molecule has 1 saturated heterocycles. The van der Waals surface area contributed by atoms with E-state index in [-0.39, 0.29) is 11.9 Å². The fraction of sp³-hybridized carbons (Fsp3) is 0.389. The molecule has 1 N–H and O–H groups in total. The summed E-state index contributed by atoms with van der Waals surface area (Å²) in [6.45, 7) is 2.45. The quantitative estimate of drug-likeness (QED) is 0.822. The van der Waals surface area contributed by atoms with E-state index in [1.807, 2.05) is 24.3 Å². The molecule has 1 aliphatic heterocycles. The van der Waals surface area contributed by atoms with Gasteiger partial charge in [0.15, 0.2) is 5.13 Å². The molecule has 136 valence electrons.